The molecule has 0 aliphatic heterocycles. The van der Waals surface area contributed by atoms with Crippen LogP contribution in [0.1, 0.15) is 20.8 Å². The summed E-state index contributed by atoms with van der Waals surface area (Å²) in [6.07, 6.45) is -0.391. The molecule has 0 radical (unpaired) electrons. The van der Waals surface area contributed by atoms with Gasteiger partial charge >= 0.3 is 7.75 Å². The van der Waals surface area contributed by atoms with Crippen LogP contribution in [0.15, 0.2) is 0 Å². The Morgan fingerprint density at radius 3 is 2.36 bits per heavy atom. The molecule has 66 valence electrons. The largest absolute Gasteiger partial charge is 0.432 e. The van der Waals surface area contributed by atoms with Gasteiger partial charge in [0, 0.05) is 6.92 Å². The second-order valence-corrected chi connectivity index (χ2v) is 3.82. The minimum absolute atomic E-state index is 0.391. The van der Waals surface area contributed by atoms with E-state index in [4.69, 9.17) is 4.89 Å². The first kappa shape index (κ1) is 10.6. The Morgan fingerprint density at radius 2 is 2.09 bits per heavy atom. The Bertz CT molecular complexity index is 191. The molecule has 0 spiro atoms. The molecule has 0 heterocycles. The maximum Gasteiger partial charge on any atom is 0.432 e. The summed E-state index contributed by atoms with van der Waals surface area (Å²) in [4.78, 5) is 19.2. The quantitative estimate of drug-likeness (QED) is 0.626. The predicted molar refractivity (Wildman–Crippen MR) is 39.9 cm³/mol. The lowest BCUT2D eigenvalue weighted by Crippen LogP contribution is -2.19. The van der Waals surface area contributed by atoms with E-state index < -0.39 is 19.8 Å². The molecular formula is C5H12NO4P. The number of nitrogens with one attached hydrogen (secondary N) is 1. The van der Waals surface area contributed by atoms with E-state index in [0.717, 1.165) is 6.92 Å². The maximum absolute atomic E-state index is 10.8. The second-order valence-electron chi connectivity index (χ2n) is 2.34. The normalized spacial score (nSPS) is 16.1. The van der Waals surface area contributed by atoms with Crippen molar-refractivity contribution < 1.29 is 18.8 Å². The Morgan fingerprint density at radius 1 is 1.64 bits per heavy atom. The Hall–Kier alpha value is -0.380. The van der Waals surface area contributed by atoms with Crippen molar-refractivity contribution in [3.63, 3.8) is 0 Å². The molecule has 5 nitrogen and oxygen atoms in total. The van der Waals surface area contributed by atoms with Crippen molar-refractivity contribution >= 4 is 13.7 Å². The van der Waals surface area contributed by atoms with Crippen LogP contribution in [0.5, 0.6) is 0 Å². The lowest BCUT2D eigenvalue weighted by Gasteiger charge is -2.13. The second kappa shape index (κ2) is 3.85. The minimum Gasteiger partial charge on any atom is -0.308 e. The zero-order chi connectivity index (χ0) is 9.07. The molecule has 0 rings (SSSR count). The molecule has 0 aromatic heterocycles. The highest BCUT2D eigenvalue weighted by Gasteiger charge is 2.21. The molecule has 2 N–H and O–H groups in total. The van der Waals surface area contributed by atoms with Crippen molar-refractivity contribution in [3.05, 3.63) is 0 Å². The van der Waals surface area contributed by atoms with Crippen LogP contribution >= 0.6 is 7.75 Å². The van der Waals surface area contributed by atoms with Crippen LogP contribution in [0.3, 0.4) is 0 Å². The fourth-order valence-corrected chi connectivity index (χ4v) is 1.53. The number of rotatable bonds is 3. The third-order valence-electron chi connectivity index (χ3n) is 0.652. The Labute approximate surface area is 65.3 Å². The highest BCUT2D eigenvalue weighted by molar-refractivity contribution is 7.51. The van der Waals surface area contributed by atoms with E-state index in [1.165, 1.54) is 0 Å². The number of amides is 1. The lowest BCUT2D eigenvalue weighted by atomic mass is 10.5. The van der Waals surface area contributed by atoms with Gasteiger partial charge in [-0.3, -0.25) is 14.4 Å². The Balaban J connectivity index is 4.01. The van der Waals surface area contributed by atoms with Crippen molar-refractivity contribution in [2.24, 2.45) is 0 Å². The smallest absolute Gasteiger partial charge is 0.308 e. The van der Waals surface area contributed by atoms with Crippen molar-refractivity contribution in [1.29, 1.82) is 0 Å². The van der Waals surface area contributed by atoms with Gasteiger partial charge in [0.15, 0.2) is 0 Å². The molecule has 0 aromatic rings. The summed E-state index contributed by atoms with van der Waals surface area (Å²) in [5, 5.41) is 1.80. The van der Waals surface area contributed by atoms with E-state index in [9.17, 15) is 9.36 Å². The Kier molecular flexibility index (Phi) is 3.72. The summed E-state index contributed by atoms with van der Waals surface area (Å²) in [5.74, 6) is -0.587. The van der Waals surface area contributed by atoms with Gasteiger partial charge in [-0.05, 0) is 13.8 Å². The molecule has 0 aliphatic rings. The van der Waals surface area contributed by atoms with E-state index in [-0.39, 0.29) is 0 Å². The number of hydrogen-bond acceptors (Lipinski definition) is 3. The zero-order valence-corrected chi connectivity index (χ0v) is 7.59. The van der Waals surface area contributed by atoms with Gasteiger partial charge in [0.1, 0.15) is 0 Å². The topological polar surface area (TPSA) is 75.6 Å². The third kappa shape index (κ3) is 6.04. The van der Waals surface area contributed by atoms with Gasteiger partial charge in [-0.25, -0.2) is 4.57 Å². The van der Waals surface area contributed by atoms with Crippen LogP contribution in [-0.2, 0) is 13.9 Å². The first-order valence-electron chi connectivity index (χ1n) is 3.13. The molecule has 11 heavy (non-hydrogen) atoms. The molecule has 0 bridgehead atoms. The van der Waals surface area contributed by atoms with Crippen LogP contribution in [0, 0.1) is 0 Å². The average molecular weight is 181 g/mol. The molecule has 1 amide bonds. The molecule has 0 saturated heterocycles. The van der Waals surface area contributed by atoms with Crippen molar-refractivity contribution in [1.82, 2.24) is 5.09 Å². The summed E-state index contributed by atoms with van der Waals surface area (Å²) in [6, 6.07) is 0. The van der Waals surface area contributed by atoms with Gasteiger partial charge in [-0.15, -0.1) is 0 Å². The molecule has 1 unspecified atom stereocenters. The number of carbonyl (C=O) groups excluding carboxylic acids is 1. The zero-order valence-electron chi connectivity index (χ0n) is 6.70. The van der Waals surface area contributed by atoms with Crippen molar-refractivity contribution in [3.8, 4) is 0 Å². The van der Waals surface area contributed by atoms with E-state index in [2.05, 4.69) is 4.52 Å². The summed E-state index contributed by atoms with van der Waals surface area (Å²) < 4.78 is 15.4. The van der Waals surface area contributed by atoms with Crippen molar-refractivity contribution in [2.45, 2.75) is 26.9 Å². The van der Waals surface area contributed by atoms with Gasteiger partial charge in [0.05, 0.1) is 6.10 Å². The van der Waals surface area contributed by atoms with Crippen LogP contribution in [0.2, 0.25) is 0 Å². The minimum atomic E-state index is -3.90. The highest BCUT2D eigenvalue weighted by Crippen LogP contribution is 2.37. The third-order valence-corrected chi connectivity index (χ3v) is 1.96. The van der Waals surface area contributed by atoms with Crippen LogP contribution in [0.4, 0.5) is 0 Å². The highest BCUT2D eigenvalue weighted by atomic mass is 31.2. The SMILES string of the molecule is CC(=O)NP(=O)(O)OC(C)C. The number of hydrogen-bond donors (Lipinski definition) is 2. The monoisotopic (exact) mass is 181 g/mol. The van der Waals surface area contributed by atoms with Gasteiger partial charge in [-0.2, -0.15) is 0 Å². The van der Waals surface area contributed by atoms with Gasteiger partial charge in [0.2, 0.25) is 5.91 Å². The maximum atomic E-state index is 10.8. The van der Waals surface area contributed by atoms with Gasteiger partial charge < -0.3 is 4.89 Å². The van der Waals surface area contributed by atoms with E-state index in [1.807, 2.05) is 0 Å². The molecule has 6 heteroatoms. The van der Waals surface area contributed by atoms with Crippen LogP contribution in [0.25, 0.3) is 0 Å². The lowest BCUT2D eigenvalue weighted by molar-refractivity contribution is -0.117. The predicted octanol–water partition coefficient (Wildman–Crippen LogP) is 0.648. The molecule has 0 saturated carbocycles. The van der Waals surface area contributed by atoms with E-state index >= 15 is 0 Å². The summed E-state index contributed by atoms with van der Waals surface area (Å²) in [5.41, 5.74) is 0. The summed E-state index contributed by atoms with van der Waals surface area (Å²) >= 11 is 0. The van der Waals surface area contributed by atoms with Crippen LogP contribution in [-0.4, -0.2) is 16.9 Å². The van der Waals surface area contributed by atoms with Crippen LogP contribution < -0.4 is 5.09 Å². The van der Waals surface area contributed by atoms with E-state index in [1.54, 1.807) is 18.9 Å². The molecule has 0 aliphatic carbocycles. The molecule has 1 atom stereocenters. The fourth-order valence-electron chi connectivity index (χ4n) is 0.511. The molecule has 0 aromatic carbocycles. The summed E-state index contributed by atoms with van der Waals surface area (Å²) in [7, 11) is -3.90. The van der Waals surface area contributed by atoms with E-state index in [0.29, 0.717) is 0 Å². The fraction of sp³-hybridized carbons (Fsp3) is 0.800. The van der Waals surface area contributed by atoms with Gasteiger partial charge in [-0.1, -0.05) is 0 Å². The molecular weight excluding hydrogens is 169 g/mol. The first-order valence-corrected chi connectivity index (χ1v) is 4.71. The van der Waals surface area contributed by atoms with Gasteiger partial charge in [0.25, 0.3) is 0 Å². The summed E-state index contributed by atoms with van der Waals surface area (Å²) in [6.45, 7) is 4.35. The van der Waals surface area contributed by atoms with Crippen molar-refractivity contribution in [2.75, 3.05) is 0 Å². The standard InChI is InChI=1S/C5H12NO4P/c1-4(2)10-11(8,9)6-5(3)7/h4H,1-3H3,(H2,6,7,8,9). The molecule has 0 fully saturated rings. The average Bonchev–Trinajstić information content (AvgIpc) is 1.53. The number of carbonyl (C=O) groups is 1. The first-order chi connectivity index (χ1) is 4.83.